The summed E-state index contributed by atoms with van der Waals surface area (Å²) in [4.78, 5) is 27.9. The lowest BCUT2D eigenvalue weighted by Gasteiger charge is -2.31. The number of hydrogen-bond donors (Lipinski definition) is 1. The Hall–Kier alpha value is -2.08. The van der Waals surface area contributed by atoms with Crippen molar-refractivity contribution in [1.82, 2.24) is 15.1 Å². The molecule has 0 radical (unpaired) electrons. The molecule has 0 atom stereocenters. The van der Waals surface area contributed by atoms with E-state index in [1.165, 1.54) is 0 Å². The third kappa shape index (κ3) is 5.74. The van der Waals surface area contributed by atoms with E-state index in [1.807, 2.05) is 24.3 Å². The lowest BCUT2D eigenvalue weighted by atomic mass is 9.95. The highest BCUT2D eigenvalue weighted by Gasteiger charge is 2.26. The molecule has 25 heavy (non-hydrogen) atoms. The number of nitrogens with one attached hydrogen (secondary N) is 1. The fraction of sp³-hybridized carbons (Fsp3) is 0.579. The van der Waals surface area contributed by atoms with E-state index in [4.69, 9.17) is 4.74 Å². The summed E-state index contributed by atoms with van der Waals surface area (Å²) in [6.07, 6.45) is 2.40. The molecule has 1 aliphatic heterocycles. The van der Waals surface area contributed by atoms with E-state index in [2.05, 4.69) is 10.2 Å². The molecule has 1 aliphatic rings. The van der Waals surface area contributed by atoms with E-state index in [0.717, 1.165) is 43.7 Å². The molecule has 6 nitrogen and oxygen atoms in total. The number of methoxy groups -OCH3 is 1. The van der Waals surface area contributed by atoms with E-state index in [1.54, 1.807) is 26.1 Å². The van der Waals surface area contributed by atoms with E-state index in [9.17, 15) is 9.59 Å². The van der Waals surface area contributed by atoms with Crippen molar-refractivity contribution in [3.05, 3.63) is 29.8 Å². The Balaban J connectivity index is 1.68. The number of ether oxygens (including phenoxy) is 1. The summed E-state index contributed by atoms with van der Waals surface area (Å²) in [6.45, 7) is 2.58. The number of para-hydroxylation sites is 1. The van der Waals surface area contributed by atoms with Crippen LogP contribution < -0.4 is 10.1 Å². The van der Waals surface area contributed by atoms with Crippen LogP contribution >= 0.6 is 0 Å². The van der Waals surface area contributed by atoms with Gasteiger partial charge in [0.25, 0.3) is 0 Å². The Labute approximate surface area is 150 Å². The van der Waals surface area contributed by atoms with E-state index < -0.39 is 0 Å². The Kier molecular flexibility index (Phi) is 7.25. The molecule has 1 aromatic rings. The van der Waals surface area contributed by atoms with Gasteiger partial charge in [0.05, 0.1) is 13.7 Å². The fourth-order valence-corrected chi connectivity index (χ4v) is 3.21. The summed E-state index contributed by atoms with van der Waals surface area (Å²) in [5.74, 6) is 1.18. The van der Waals surface area contributed by atoms with Crippen LogP contribution in [0.25, 0.3) is 0 Å². The van der Waals surface area contributed by atoms with Gasteiger partial charge in [0, 0.05) is 26.6 Å². The molecule has 1 saturated heterocycles. The van der Waals surface area contributed by atoms with Gasteiger partial charge in [-0.15, -0.1) is 0 Å². The molecule has 0 bridgehead atoms. The summed E-state index contributed by atoms with van der Waals surface area (Å²) in [5, 5.41) is 2.97. The second-order valence-corrected chi connectivity index (χ2v) is 6.69. The Morgan fingerprint density at radius 3 is 2.56 bits per heavy atom. The highest BCUT2D eigenvalue weighted by molar-refractivity contribution is 5.79. The van der Waals surface area contributed by atoms with Gasteiger partial charge in [-0.1, -0.05) is 18.2 Å². The van der Waals surface area contributed by atoms with Gasteiger partial charge < -0.3 is 15.0 Å². The number of piperidine rings is 1. The van der Waals surface area contributed by atoms with Crippen LogP contribution in [0.1, 0.15) is 18.4 Å². The van der Waals surface area contributed by atoms with Gasteiger partial charge in [-0.25, -0.2) is 0 Å². The van der Waals surface area contributed by atoms with Gasteiger partial charge in [0.1, 0.15) is 5.75 Å². The second kappa shape index (κ2) is 9.42. The van der Waals surface area contributed by atoms with Gasteiger partial charge in [0.15, 0.2) is 0 Å². The zero-order chi connectivity index (χ0) is 18.2. The quantitative estimate of drug-likeness (QED) is 0.804. The predicted molar refractivity (Wildman–Crippen MR) is 97.6 cm³/mol. The number of amides is 2. The maximum Gasteiger partial charge on any atom is 0.234 e. The average Bonchev–Trinajstić information content (AvgIpc) is 2.62. The lowest BCUT2D eigenvalue weighted by Crippen LogP contribution is -2.44. The van der Waals surface area contributed by atoms with E-state index >= 15 is 0 Å². The molecule has 0 unspecified atom stereocenters. The van der Waals surface area contributed by atoms with Gasteiger partial charge >= 0.3 is 0 Å². The molecule has 1 fully saturated rings. The van der Waals surface area contributed by atoms with Crippen molar-refractivity contribution in [1.29, 1.82) is 0 Å². The molecule has 0 aliphatic carbocycles. The minimum atomic E-state index is 0.0345. The van der Waals surface area contributed by atoms with Crippen LogP contribution in [0.3, 0.4) is 0 Å². The molecule has 2 amide bonds. The highest BCUT2D eigenvalue weighted by Crippen LogP contribution is 2.19. The van der Waals surface area contributed by atoms with Crippen LogP contribution in [0, 0.1) is 5.92 Å². The molecule has 0 aromatic heterocycles. The van der Waals surface area contributed by atoms with Gasteiger partial charge in [-0.3, -0.25) is 14.5 Å². The average molecular weight is 347 g/mol. The maximum absolute atomic E-state index is 12.1. The molecular formula is C19H29N3O3. The maximum atomic E-state index is 12.1. The monoisotopic (exact) mass is 347 g/mol. The minimum absolute atomic E-state index is 0.0345. The summed E-state index contributed by atoms with van der Waals surface area (Å²) in [7, 11) is 5.25. The fourth-order valence-electron chi connectivity index (χ4n) is 3.21. The van der Waals surface area contributed by atoms with Gasteiger partial charge in [0.2, 0.25) is 11.8 Å². The molecule has 6 heteroatoms. The Bertz CT molecular complexity index is 581. The van der Waals surface area contributed by atoms with Crippen LogP contribution in [-0.4, -0.2) is 69.0 Å². The number of carbonyl (C=O) groups excluding carboxylic acids is 2. The van der Waals surface area contributed by atoms with Crippen LogP contribution in [0.5, 0.6) is 5.75 Å². The highest BCUT2D eigenvalue weighted by atomic mass is 16.5. The number of likely N-dealkylation sites (tertiary alicyclic amines) is 1. The van der Waals surface area contributed by atoms with Crippen molar-refractivity contribution < 1.29 is 14.3 Å². The molecule has 2 rings (SSSR count). The molecule has 1 aromatic carbocycles. The van der Waals surface area contributed by atoms with Crippen molar-refractivity contribution in [3.63, 3.8) is 0 Å². The van der Waals surface area contributed by atoms with Crippen LogP contribution in [0.4, 0.5) is 0 Å². The number of benzene rings is 1. The number of nitrogens with zero attached hydrogens (tertiary/aromatic N) is 2. The molecular weight excluding hydrogens is 318 g/mol. The molecule has 0 spiro atoms. The SMILES string of the molecule is COc1ccccc1CCNC(=O)CN1CCC(C(=O)N(C)C)CC1. The lowest BCUT2D eigenvalue weighted by molar-refractivity contribution is -0.134. The van der Waals surface area contributed by atoms with E-state index in [-0.39, 0.29) is 17.7 Å². The number of hydrogen-bond acceptors (Lipinski definition) is 4. The number of rotatable bonds is 7. The molecule has 0 saturated carbocycles. The first-order valence-electron chi connectivity index (χ1n) is 8.83. The normalized spacial score (nSPS) is 15.6. The minimum Gasteiger partial charge on any atom is -0.496 e. The van der Waals surface area contributed by atoms with Crippen LogP contribution in [0.15, 0.2) is 24.3 Å². The zero-order valence-electron chi connectivity index (χ0n) is 15.5. The zero-order valence-corrected chi connectivity index (χ0v) is 15.5. The molecule has 1 heterocycles. The van der Waals surface area contributed by atoms with Gasteiger partial charge in [-0.05, 0) is 44.0 Å². The van der Waals surface area contributed by atoms with Crippen LogP contribution in [-0.2, 0) is 16.0 Å². The first-order chi connectivity index (χ1) is 12.0. The molecule has 138 valence electrons. The summed E-state index contributed by atoms with van der Waals surface area (Å²) in [5.41, 5.74) is 1.09. The Morgan fingerprint density at radius 1 is 1.24 bits per heavy atom. The third-order valence-corrected chi connectivity index (χ3v) is 4.65. The third-order valence-electron chi connectivity index (χ3n) is 4.65. The smallest absolute Gasteiger partial charge is 0.234 e. The summed E-state index contributed by atoms with van der Waals surface area (Å²) >= 11 is 0. The molecule has 1 N–H and O–H groups in total. The van der Waals surface area contributed by atoms with Crippen molar-refractivity contribution in [3.8, 4) is 5.75 Å². The van der Waals surface area contributed by atoms with Crippen molar-refractivity contribution in [2.75, 3.05) is 47.4 Å². The predicted octanol–water partition coefficient (Wildman–Crippen LogP) is 1.15. The number of carbonyl (C=O) groups is 2. The summed E-state index contributed by atoms with van der Waals surface area (Å²) < 4.78 is 5.32. The second-order valence-electron chi connectivity index (χ2n) is 6.69. The topological polar surface area (TPSA) is 61.9 Å². The standard InChI is InChI=1S/C19H29N3O3/c1-21(2)19(24)16-9-12-22(13-10-16)14-18(23)20-11-8-15-6-4-5-7-17(15)25-3/h4-7,16H,8-14H2,1-3H3,(H,20,23). The van der Waals surface area contributed by atoms with Crippen molar-refractivity contribution in [2.24, 2.45) is 5.92 Å². The summed E-state index contributed by atoms with van der Waals surface area (Å²) in [6, 6.07) is 7.85. The van der Waals surface area contributed by atoms with Crippen molar-refractivity contribution in [2.45, 2.75) is 19.3 Å². The largest absolute Gasteiger partial charge is 0.496 e. The van der Waals surface area contributed by atoms with Gasteiger partial charge in [-0.2, -0.15) is 0 Å². The van der Waals surface area contributed by atoms with Crippen LogP contribution in [0.2, 0.25) is 0 Å². The first-order valence-corrected chi connectivity index (χ1v) is 8.83. The van der Waals surface area contributed by atoms with Crippen molar-refractivity contribution >= 4 is 11.8 Å². The van der Waals surface area contributed by atoms with E-state index in [0.29, 0.717) is 13.1 Å². The first kappa shape index (κ1) is 19.2. The Morgan fingerprint density at radius 2 is 1.92 bits per heavy atom.